The van der Waals surface area contributed by atoms with E-state index in [1.165, 1.54) is 4.31 Å². The summed E-state index contributed by atoms with van der Waals surface area (Å²) >= 11 is -2.38. The quantitative estimate of drug-likeness (QED) is 0.642. The van der Waals surface area contributed by atoms with E-state index in [0.29, 0.717) is 44.9 Å². The highest BCUT2D eigenvalue weighted by molar-refractivity contribution is 7.76. The fraction of sp³-hybridized carbons (Fsp3) is 0.429. The molecule has 1 N–H and O–H groups in total. The zero-order valence-corrected chi connectivity index (χ0v) is 18.1. The topological polar surface area (TPSA) is 107 Å². The summed E-state index contributed by atoms with van der Waals surface area (Å²) in [5.74, 6) is 1.98. The van der Waals surface area contributed by atoms with Crippen molar-refractivity contribution in [1.29, 1.82) is 0 Å². The van der Waals surface area contributed by atoms with Crippen LogP contribution in [0.4, 0.5) is 5.82 Å². The van der Waals surface area contributed by atoms with Crippen LogP contribution in [-0.4, -0.2) is 56.7 Å². The first-order valence-electron chi connectivity index (χ1n) is 10.2. The van der Waals surface area contributed by atoms with Crippen LogP contribution in [0.2, 0.25) is 0 Å². The first-order valence-corrected chi connectivity index (χ1v) is 11.2. The third-order valence-electron chi connectivity index (χ3n) is 5.40. The van der Waals surface area contributed by atoms with E-state index in [9.17, 15) is 13.6 Å². The molecule has 9 nitrogen and oxygen atoms in total. The molecular weight excluding hydrogens is 420 g/mol. The van der Waals surface area contributed by atoms with Gasteiger partial charge < -0.3 is 24.2 Å². The summed E-state index contributed by atoms with van der Waals surface area (Å²) in [5, 5.41) is 2.82. The smallest absolute Gasteiger partial charge is 0.238 e. The number of fused-ring (bicyclic) bond motifs is 1. The van der Waals surface area contributed by atoms with Crippen molar-refractivity contribution in [3.63, 3.8) is 0 Å². The van der Waals surface area contributed by atoms with Crippen molar-refractivity contribution in [2.24, 2.45) is 0 Å². The second kappa shape index (κ2) is 9.63. The first kappa shape index (κ1) is 21.5. The number of aromatic nitrogens is 1. The largest absolute Gasteiger partial charge is 0.760 e. The standard InChI is InChI=1S/C21H26N4O5S/c1-24-8-9-29-19-11-16(13-22-20(19)24)14-30-17-5-2-4-15(10-17)12-23-21(26)18-6-3-7-25(18)31(27)28/h2,4-5,10-11,13,18H,3,6-9,12,14H2,1H3,(H,23,26)(H,27,28)/p-1/t18-/m0/s1. The number of carbonyl (C=O) groups excluding carboxylic acids is 1. The van der Waals surface area contributed by atoms with Crippen molar-refractivity contribution >= 4 is 23.0 Å². The molecular formula is C21H25N4O5S-. The Labute approximate surface area is 183 Å². The van der Waals surface area contributed by atoms with Gasteiger partial charge in [-0.25, -0.2) is 9.29 Å². The van der Waals surface area contributed by atoms with Crippen LogP contribution in [0.15, 0.2) is 36.5 Å². The average molecular weight is 446 g/mol. The SMILES string of the molecule is CN1CCOc2cc(COc3cccc(CNC(=O)[C@@H]4CCCN4S(=O)[O-])c3)cnc21. The minimum Gasteiger partial charge on any atom is -0.760 e. The molecule has 0 saturated carbocycles. The Hall–Kier alpha value is -2.69. The molecule has 1 aromatic carbocycles. The van der Waals surface area contributed by atoms with Gasteiger partial charge in [0.05, 0.1) is 6.54 Å². The van der Waals surface area contributed by atoms with Crippen LogP contribution in [0, 0.1) is 0 Å². The number of ether oxygens (including phenoxy) is 2. The van der Waals surface area contributed by atoms with Crippen LogP contribution < -0.4 is 19.7 Å². The molecule has 0 radical (unpaired) electrons. The Morgan fingerprint density at radius 2 is 2.23 bits per heavy atom. The molecule has 1 aromatic heterocycles. The highest BCUT2D eigenvalue weighted by Crippen LogP contribution is 2.29. The lowest BCUT2D eigenvalue weighted by Crippen LogP contribution is -2.43. The first-order chi connectivity index (χ1) is 15.0. The molecule has 3 heterocycles. The number of rotatable bonds is 7. The van der Waals surface area contributed by atoms with Gasteiger partial charge in [-0.15, -0.1) is 0 Å². The molecule has 1 fully saturated rings. The van der Waals surface area contributed by atoms with Crippen molar-refractivity contribution in [1.82, 2.24) is 14.6 Å². The molecule has 0 spiro atoms. The van der Waals surface area contributed by atoms with Crippen molar-refractivity contribution in [2.75, 3.05) is 31.6 Å². The van der Waals surface area contributed by atoms with E-state index in [-0.39, 0.29) is 5.91 Å². The van der Waals surface area contributed by atoms with Crippen LogP contribution in [0.1, 0.15) is 24.0 Å². The van der Waals surface area contributed by atoms with Gasteiger partial charge in [-0.2, -0.15) is 0 Å². The number of benzene rings is 1. The van der Waals surface area contributed by atoms with Gasteiger partial charge in [0, 0.05) is 43.2 Å². The Kier molecular flexibility index (Phi) is 6.69. The van der Waals surface area contributed by atoms with E-state index in [1.54, 1.807) is 6.20 Å². The lowest BCUT2D eigenvalue weighted by Gasteiger charge is -2.26. The molecule has 1 saturated heterocycles. The summed E-state index contributed by atoms with van der Waals surface area (Å²) in [7, 11) is 1.99. The van der Waals surface area contributed by atoms with E-state index >= 15 is 0 Å². The molecule has 2 aliphatic heterocycles. The monoisotopic (exact) mass is 445 g/mol. The predicted molar refractivity (Wildman–Crippen MR) is 114 cm³/mol. The lowest BCUT2D eigenvalue weighted by molar-refractivity contribution is -0.124. The van der Waals surface area contributed by atoms with E-state index in [0.717, 1.165) is 29.2 Å². The zero-order valence-electron chi connectivity index (χ0n) is 17.3. The molecule has 31 heavy (non-hydrogen) atoms. The van der Waals surface area contributed by atoms with Gasteiger partial charge in [0.15, 0.2) is 11.6 Å². The number of nitrogens with one attached hydrogen (secondary N) is 1. The van der Waals surface area contributed by atoms with Crippen LogP contribution in [0.3, 0.4) is 0 Å². The van der Waals surface area contributed by atoms with Gasteiger partial charge in [0.25, 0.3) is 0 Å². The molecule has 4 rings (SSSR count). The summed E-state index contributed by atoms with van der Waals surface area (Å²) < 4.78 is 35.2. The number of amides is 1. The maximum absolute atomic E-state index is 12.4. The normalized spacial score (nSPS) is 19.4. The van der Waals surface area contributed by atoms with Crippen molar-refractivity contribution in [2.45, 2.75) is 32.0 Å². The maximum Gasteiger partial charge on any atom is 0.238 e. The lowest BCUT2D eigenvalue weighted by atomic mass is 10.2. The molecule has 2 aromatic rings. The number of hydrogen-bond acceptors (Lipinski definition) is 7. The fourth-order valence-electron chi connectivity index (χ4n) is 3.75. The highest BCUT2D eigenvalue weighted by Gasteiger charge is 2.31. The summed E-state index contributed by atoms with van der Waals surface area (Å²) in [6.07, 6.45) is 3.01. The molecule has 2 aliphatic rings. The zero-order chi connectivity index (χ0) is 21.8. The molecule has 1 unspecified atom stereocenters. The van der Waals surface area contributed by atoms with Crippen LogP contribution in [0.25, 0.3) is 0 Å². The molecule has 0 aliphatic carbocycles. The number of nitrogens with zero attached hydrogens (tertiary/aromatic N) is 3. The fourth-order valence-corrected chi connectivity index (χ4v) is 4.43. The minimum absolute atomic E-state index is 0.280. The number of likely N-dealkylation sites (N-methyl/N-ethyl adjacent to an activating group) is 1. The van der Waals surface area contributed by atoms with Gasteiger partial charge >= 0.3 is 0 Å². The van der Waals surface area contributed by atoms with E-state index in [2.05, 4.69) is 15.2 Å². The Bertz CT molecular complexity index is 973. The second-order valence-corrected chi connectivity index (χ2v) is 8.51. The third kappa shape index (κ3) is 5.15. The molecule has 166 valence electrons. The van der Waals surface area contributed by atoms with E-state index < -0.39 is 17.3 Å². The molecule has 0 bridgehead atoms. The number of hydrogen-bond donors (Lipinski definition) is 1. The van der Waals surface area contributed by atoms with Crippen LogP contribution in [0.5, 0.6) is 11.5 Å². The summed E-state index contributed by atoms with van der Waals surface area (Å²) in [6, 6.07) is 8.75. The average Bonchev–Trinajstić information content (AvgIpc) is 3.27. The Morgan fingerprint density at radius 1 is 1.35 bits per heavy atom. The number of pyridine rings is 1. The second-order valence-electron chi connectivity index (χ2n) is 7.61. The van der Waals surface area contributed by atoms with Crippen LogP contribution in [-0.2, 0) is 29.2 Å². The maximum atomic E-state index is 12.4. The van der Waals surface area contributed by atoms with E-state index in [4.69, 9.17) is 9.47 Å². The summed E-state index contributed by atoms with van der Waals surface area (Å²) in [6.45, 7) is 2.47. The Balaban J connectivity index is 1.32. The van der Waals surface area contributed by atoms with Crippen molar-refractivity contribution < 1.29 is 23.0 Å². The van der Waals surface area contributed by atoms with Gasteiger partial charge in [0.1, 0.15) is 25.0 Å². The molecule has 1 amide bonds. The molecule has 2 atom stereocenters. The van der Waals surface area contributed by atoms with Crippen molar-refractivity contribution in [3.05, 3.63) is 47.7 Å². The predicted octanol–water partition coefficient (Wildman–Crippen LogP) is 1.36. The summed E-state index contributed by atoms with van der Waals surface area (Å²) in [5.41, 5.74) is 1.77. The molecule has 10 heteroatoms. The number of anilines is 1. The van der Waals surface area contributed by atoms with Crippen LogP contribution >= 0.6 is 0 Å². The van der Waals surface area contributed by atoms with Gasteiger partial charge in [-0.05, 0) is 36.6 Å². The highest BCUT2D eigenvalue weighted by atomic mass is 32.2. The summed E-state index contributed by atoms with van der Waals surface area (Å²) in [4.78, 5) is 18.9. The third-order valence-corrected chi connectivity index (χ3v) is 6.22. The van der Waals surface area contributed by atoms with Gasteiger partial charge in [-0.1, -0.05) is 12.1 Å². The van der Waals surface area contributed by atoms with Gasteiger partial charge in [0.2, 0.25) is 5.91 Å². The Morgan fingerprint density at radius 3 is 3.06 bits per heavy atom. The minimum atomic E-state index is -2.38. The van der Waals surface area contributed by atoms with Crippen molar-refractivity contribution in [3.8, 4) is 11.5 Å². The van der Waals surface area contributed by atoms with Gasteiger partial charge in [-0.3, -0.25) is 9.00 Å². The van der Waals surface area contributed by atoms with E-state index in [1.807, 2.05) is 37.4 Å². The number of carbonyl (C=O) groups is 1.